The summed E-state index contributed by atoms with van der Waals surface area (Å²) in [5.74, 6) is 0.283. The molecule has 0 aliphatic rings. The van der Waals surface area contributed by atoms with Crippen molar-refractivity contribution in [2.75, 3.05) is 11.9 Å². The maximum Gasteiger partial charge on any atom is 0.223 e. The highest BCUT2D eigenvalue weighted by Crippen LogP contribution is 2.30. The molecular formula is C23H18BrFN4. The Hall–Kier alpha value is -3.12. The molecule has 0 radical (unpaired) electrons. The Labute approximate surface area is 177 Å². The molecule has 4 aromatic rings. The van der Waals surface area contributed by atoms with E-state index in [1.54, 1.807) is 30.7 Å². The monoisotopic (exact) mass is 448 g/mol. The summed E-state index contributed by atoms with van der Waals surface area (Å²) in [7, 11) is 0. The SMILES string of the molecule is Fc1ccc(-c2cnc(NCCc3ccc(Br)cc3)nc2-c2ccncc2)cc1. The zero-order valence-electron chi connectivity index (χ0n) is 15.5. The third-order valence-corrected chi connectivity index (χ3v) is 5.04. The second-order valence-electron chi connectivity index (χ2n) is 6.50. The lowest BCUT2D eigenvalue weighted by Crippen LogP contribution is -2.08. The quantitative estimate of drug-likeness (QED) is 0.407. The van der Waals surface area contributed by atoms with Crippen LogP contribution >= 0.6 is 15.9 Å². The molecule has 4 rings (SSSR count). The molecule has 0 spiro atoms. The molecule has 0 unspecified atom stereocenters. The van der Waals surface area contributed by atoms with E-state index in [2.05, 4.69) is 43.3 Å². The molecule has 144 valence electrons. The van der Waals surface area contributed by atoms with Crippen molar-refractivity contribution < 1.29 is 4.39 Å². The minimum atomic E-state index is -0.272. The predicted octanol–water partition coefficient (Wildman–Crippen LogP) is 5.76. The Morgan fingerprint density at radius 1 is 0.862 bits per heavy atom. The minimum Gasteiger partial charge on any atom is -0.354 e. The number of anilines is 1. The minimum absolute atomic E-state index is 0.272. The van der Waals surface area contributed by atoms with Crippen molar-refractivity contribution >= 4 is 21.9 Å². The van der Waals surface area contributed by atoms with E-state index in [1.165, 1.54) is 17.7 Å². The van der Waals surface area contributed by atoms with Crippen molar-refractivity contribution in [2.24, 2.45) is 0 Å². The summed E-state index contributed by atoms with van der Waals surface area (Å²) in [6.45, 7) is 0.716. The van der Waals surface area contributed by atoms with Gasteiger partial charge in [0.05, 0.1) is 5.69 Å². The predicted molar refractivity (Wildman–Crippen MR) is 117 cm³/mol. The van der Waals surface area contributed by atoms with Gasteiger partial charge in [-0.25, -0.2) is 14.4 Å². The highest BCUT2D eigenvalue weighted by Gasteiger charge is 2.12. The van der Waals surface area contributed by atoms with Crippen LogP contribution < -0.4 is 5.32 Å². The second kappa shape index (κ2) is 8.92. The molecule has 0 amide bonds. The first-order valence-electron chi connectivity index (χ1n) is 9.21. The number of rotatable bonds is 6. The van der Waals surface area contributed by atoms with E-state index in [0.717, 1.165) is 33.3 Å². The van der Waals surface area contributed by atoms with Crippen LogP contribution in [0.3, 0.4) is 0 Å². The first kappa shape index (κ1) is 19.2. The van der Waals surface area contributed by atoms with Gasteiger partial charge in [-0.3, -0.25) is 4.98 Å². The van der Waals surface area contributed by atoms with E-state index < -0.39 is 0 Å². The van der Waals surface area contributed by atoms with Crippen LogP contribution in [-0.4, -0.2) is 21.5 Å². The second-order valence-corrected chi connectivity index (χ2v) is 7.42. The zero-order valence-corrected chi connectivity index (χ0v) is 17.1. The summed E-state index contributed by atoms with van der Waals surface area (Å²) < 4.78 is 14.4. The van der Waals surface area contributed by atoms with Gasteiger partial charge in [0.1, 0.15) is 5.82 Å². The summed E-state index contributed by atoms with van der Waals surface area (Å²) in [6.07, 6.45) is 6.10. The molecule has 2 aromatic heterocycles. The Morgan fingerprint density at radius 3 is 2.31 bits per heavy atom. The third-order valence-electron chi connectivity index (χ3n) is 4.51. The van der Waals surface area contributed by atoms with Crippen molar-refractivity contribution in [1.82, 2.24) is 15.0 Å². The largest absolute Gasteiger partial charge is 0.354 e. The van der Waals surface area contributed by atoms with Gasteiger partial charge < -0.3 is 5.32 Å². The molecule has 4 nitrogen and oxygen atoms in total. The van der Waals surface area contributed by atoms with Gasteiger partial charge in [0.25, 0.3) is 0 Å². The van der Waals surface area contributed by atoms with E-state index in [9.17, 15) is 4.39 Å². The summed E-state index contributed by atoms with van der Waals surface area (Å²) >= 11 is 3.45. The molecular weight excluding hydrogens is 431 g/mol. The van der Waals surface area contributed by atoms with Gasteiger partial charge in [0.2, 0.25) is 5.95 Å². The van der Waals surface area contributed by atoms with E-state index in [4.69, 9.17) is 4.98 Å². The number of pyridine rings is 1. The average Bonchev–Trinajstić information content (AvgIpc) is 2.76. The van der Waals surface area contributed by atoms with Gasteiger partial charge in [-0.15, -0.1) is 0 Å². The smallest absolute Gasteiger partial charge is 0.223 e. The Balaban J connectivity index is 1.59. The molecule has 2 heterocycles. The van der Waals surface area contributed by atoms with Crippen LogP contribution in [0, 0.1) is 5.82 Å². The van der Waals surface area contributed by atoms with Crippen LogP contribution in [0.2, 0.25) is 0 Å². The van der Waals surface area contributed by atoms with Crippen molar-refractivity contribution in [2.45, 2.75) is 6.42 Å². The molecule has 0 bridgehead atoms. The van der Waals surface area contributed by atoms with Crippen LogP contribution in [0.4, 0.5) is 10.3 Å². The first-order valence-corrected chi connectivity index (χ1v) is 10.00. The summed E-state index contributed by atoms with van der Waals surface area (Å²) in [5, 5.41) is 3.30. The lowest BCUT2D eigenvalue weighted by atomic mass is 10.0. The Bertz CT molecular complexity index is 1080. The Kier molecular flexibility index (Phi) is 5.91. The van der Waals surface area contributed by atoms with E-state index in [0.29, 0.717) is 12.5 Å². The Morgan fingerprint density at radius 2 is 1.59 bits per heavy atom. The maximum absolute atomic E-state index is 13.3. The van der Waals surface area contributed by atoms with Crippen molar-refractivity contribution in [3.05, 3.63) is 95.1 Å². The standard InChI is InChI=1S/C23H18BrFN4/c24-19-5-1-16(2-6-19)9-14-27-23-28-15-21(17-3-7-20(25)8-4-17)22(29-23)18-10-12-26-13-11-18/h1-8,10-13,15H,9,14H2,(H,27,28,29). The van der Waals surface area contributed by atoms with E-state index >= 15 is 0 Å². The molecule has 0 fully saturated rings. The molecule has 6 heteroatoms. The van der Waals surface area contributed by atoms with Gasteiger partial charge in [-0.05, 0) is 53.9 Å². The third kappa shape index (κ3) is 4.84. The van der Waals surface area contributed by atoms with Crippen LogP contribution in [0.5, 0.6) is 0 Å². The topological polar surface area (TPSA) is 50.7 Å². The van der Waals surface area contributed by atoms with Crippen LogP contribution in [0.1, 0.15) is 5.56 Å². The molecule has 2 aromatic carbocycles. The number of halogens is 2. The highest BCUT2D eigenvalue weighted by molar-refractivity contribution is 9.10. The van der Waals surface area contributed by atoms with Gasteiger partial charge in [-0.1, -0.05) is 40.2 Å². The zero-order chi connectivity index (χ0) is 20.1. The lowest BCUT2D eigenvalue weighted by Gasteiger charge is -2.12. The number of nitrogens with one attached hydrogen (secondary N) is 1. The van der Waals surface area contributed by atoms with E-state index in [-0.39, 0.29) is 5.82 Å². The van der Waals surface area contributed by atoms with Crippen LogP contribution in [0.15, 0.2) is 83.7 Å². The van der Waals surface area contributed by atoms with Gasteiger partial charge >= 0.3 is 0 Å². The molecule has 0 aliphatic heterocycles. The fourth-order valence-corrected chi connectivity index (χ4v) is 3.27. The number of nitrogens with zero attached hydrogens (tertiary/aromatic N) is 3. The molecule has 0 saturated carbocycles. The summed E-state index contributed by atoms with van der Waals surface area (Å²) in [5.41, 5.74) is 4.64. The summed E-state index contributed by atoms with van der Waals surface area (Å²) in [6, 6.07) is 18.4. The highest BCUT2D eigenvalue weighted by atomic mass is 79.9. The number of benzene rings is 2. The number of aromatic nitrogens is 3. The molecule has 0 aliphatic carbocycles. The maximum atomic E-state index is 13.3. The molecule has 0 saturated heterocycles. The number of hydrogen-bond acceptors (Lipinski definition) is 4. The lowest BCUT2D eigenvalue weighted by molar-refractivity contribution is 0.628. The van der Waals surface area contributed by atoms with Crippen molar-refractivity contribution in [3.8, 4) is 22.4 Å². The van der Waals surface area contributed by atoms with E-state index in [1.807, 2.05) is 24.3 Å². The molecule has 29 heavy (non-hydrogen) atoms. The van der Waals surface area contributed by atoms with Crippen LogP contribution in [-0.2, 0) is 6.42 Å². The van der Waals surface area contributed by atoms with Gasteiger partial charge in [-0.2, -0.15) is 0 Å². The average molecular weight is 449 g/mol. The molecule has 1 N–H and O–H groups in total. The van der Waals surface area contributed by atoms with Gasteiger partial charge in [0.15, 0.2) is 0 Å². The van der Waals surface area contributed by atoms with Crippen molar-refractivity contribution in [1.29, 1.82) is 0 Å². The van der Waals surface area contributed by atoms with Gasteiger partial charge in [0, 0.05) is 40.7 Å². The normalized spacial score (nSPS) is 10.7. The fourth-order valence-electron chi connectivity index (χ4n) is 3.01. The first-order chi connectivity index (χ1) is 14.2. The number of hydrogen-bond donors (Lipinski definition) is 1. The van der Waals surface area contributed by atoms with Crippen molar-refractivity contribution in [3.63, 3.8) is 0 Å². The molecule has 0 atom stereocenters. The fraction of sp³-hybridized carbons (Fsp3) is 0.0870. The van der Waals surface area contributed by atoms with Crippen LogP contribution in [0.25, 0.3) is 22.4 Å². The summed E-state index contributed by atoms with van der Waals surface area (Å²) in [4.78, 5) is 13.3.